The summed E-state index contributed by atoms with van der Waals surface area (Å²) in [5.41, 5.74) is 0.556. The van der Waals surface area contributed by atoms with Crippen LogP contribution in [-0.2, 0) is 4.84 Å². The van der Waals surface area contributed by atoms with Crippen molar-refractivity contribution in [2.45, 2.75) is 0 Å². The first kappa shape index (κ1) is 15.9. The number of halogens is 2. The third-order valence-electron chi connectivity index (χ3n) is 2.60. The second-order valence-electron chi connectivity index (χ2n) is 4.08. The van der Waals surface area contributed by atoms with Gasteiger partial charge < -0.3 is 4.84 Å². The normalized spacial score (nSPS) is 10.6. The lowest BCUT2D eigenvalue weighted by molar-refractivity contribution is -0.384. The number of non-ortho nitro benzene ring substituents is 1. The van der Waals surface area contributed by atoms with Crippen LogP contribution in [0.1, 0.15) is 15.9 Å². The fourth-order valence-corrected chi connectivity index (χ4v) is 1.97. The van der Waals surface area contributed by atoms with Gasteiger partial charge in [-0.2, -0.15) is 0 Å². The Hall–Kier alpha value is -2.44. The lowest BCUT2D eigenvalue weighted by Gasteiger charge is -1.99. The van der Waals surface area contributed by atoms with E-state index in [2.05, 4.69) is 9.99 Å². The van der Waals surface area contributed by atoms with Gasteiger partial charge in [-0.1, -0.05) is 34.4 Å². The van der Waals surface area contributed by atoms with E-state index in [4.69, 9.17) is 23.2 Å². The number of nitro groups is 1. The summed E-state index contributed by atoms with van der Waals surface area (Å²) >= 11 is 11.7. The van der Waals surface area contributed by atoms with Crippen LogP contribution in [0.4, 0.5) is 5.69 Å². The largest absolute Gasteiger partial charge is 0.365 e. The van der Waals surface area contributed by atoms with Gasteiger partial charge in [0, 0.05) is 22.7 Å². The minimum atomic E-state index is -0.740. The number of carbonyl (C=O) groups is 1. The Kier molecular flexibility index (Phi) is 5.08. The SMILES string of the molecule is O=C(ON=Cc1ccc(Cl)cc1Cl)c1ccc([N+](=O)[O-])cc1. The molecule has 0 aliphatic rings. The standard InChI is InChI=1S/C14H8Cl2N2O4/c15-11-4-1-10(13(16)7-11)8-17-22-14(19)9-2-5-12(6-3-9)18(20)21/h1-8H. The van der Waals surface area contributed by atoms with E-state index in [0.29, 0.717) is 15.6 Å². The number of benzene rings is 2. The van der Waals surface area contributed by atoms with Crippen molar-refractivity contribution in [1.82, 2.24) is 0 Å². The molecule has 0 atom stereocenters. The molecule has 2 rings (SSSR count). The van der Waals surface area contributed by atoms with Crippen LogP contribution in [0.25, 0.3) is 0 Å². The molecule has 0 aromatic heterocycles. The molecule has 0 spiro atoms. The first-order valence-electron chi connectivity index (χ1n) is 5.91. The third kappa shape index (κ3) is 4.03. The molecule has 22 heavy (non-hydrogen) atoms. The highest BCUT2D eigenvalue weighted by molar-refractivity contribution is 6.36. The number of nitro benzene ring substituents is 1. The first-order chi connectivity index (χ1) is 10.5. The highest BCUT2D eigenvalue weighted by Gasteiger charge is 2.10. The zero-order valence-corrected chi connectivity index (χ0v) is 12.4. The summed E-state index contributed by atoms with van der Waals surface area (Å²) in [6, 6.07) is 9.74. The minimum absolute atomic E-state index is 0.118. The van der Waals surface area contributed by atoms with Gasteiger partial charge >= 0.3 is 5.97 Å². The summed E-state index contributed by atoms with van der Waals surface area (Å²) in [6.45, 7) is 0. The highest BCUT2D eigenvalue weighted by Crippen LogP contribution is 2.19. The van der Waals surface area contributed by atoms with E-state index in [9.17, 15) is 14.9 Å². The van der Waals surface area contributed by atoms with E-state index in [1.807, 2.05) is 0 Å². The van der Waals surface area contributed by atoms with Gasteiger partial charge in [0.2, 0.25) is 0 Å². The summed E-state index contributed by atoms with van der Waals surface area (Å²) < 4.78 is 0. The molecule has 0 saturated carbocycles. The molecule has 112 valence electrons. The lowest BCUT2D eigenvalue weighted by atomic mass is 10.2. The first-order valence-corrected chi connectivity index (χ1v) is 6.67. The molecule has 0 amide bonds. The quantitative estimate of drug-likeness (QED) is 0.363. The molecule has 2 aromatic rings. The van der Waals surface area contributed by atoms with Gasteiger partial charge in [0.05, 0.1) is 21.7 Å². The maximum absolute atomic E-state index is 11.7. The Morgan fingerprint density at radius 1 is 1.18 bits per heavy atom. The number of rotatable bonds is 4. The molecule has 6 nitrogen and oxygen atoms in total. The van der Waals surface area contributed by atoms with Crippen molar-refractivity contribution in [3.8, 4) is 0 Å². The molecule has 0 heterocycles. The van der Waals surface area contributed by atoms with Crippen LogP contribution in [-0.4, -0.2) is 17.1 Å². The van der Waals surface area contributed by atoms with Crippen LogP contribution in [0.15, 0.2) is 47.6 Å². The summed E-state index contributed by atoms with van der Waals surface area (Å²) in [5.74, 6) is -0.740. The second kappa shape index (κ2) is 7.02. The number of hydrogen-bond acceptors (Lipinski definition) is 5. The van der Waals surface area contributed by atoms with Crippen molar-refractivity contribution in [3.05, 3.63) is 73.8 Å². The van der Waals surface area contributed by atoms with Crippen LogP contribution in [0.2, 0.25) is 10.0 Å². The zero-order chi connectivity index (χ0) is 16.1. The molecule has 0 unspecified atom stereocenters. The van der Waals surface area contributed by atoms with Crippen LogP contribution < -0.4 is 0 Å². The maximum Gasteiger partial charge on any atom is 0.365 e. The second-order valence-corrected chi connectivity index (χ2v) is 4.93. The van der Waals surface area contributed by atoms with Crippen molar-refractivity contribution in [1.29, 1.82) is 0 Å². The van der Waals surface area contributed by atoms with Crippen LogP contribution in [0, 0.1) is 10.1 Å². The predicted octanol–water partition coefficient (Wildman–Crippen LogP) is 4.09. The topological polar surface area (TPSA) is 81.8 Å². The number of hydrogen-bond donors (Lipinski definition) is 0. The van der Waals surface area contributed by atoms with E-state index in [0.717, 1.165) is 0 Å². The molecule has 0 aliphatic heterocycles. The molecule has 0 radical (unpaired) electrons. The van der Waals surface area contributed by atoms with Crippen LogP contribution in [0.3, 0.4) is 0 Å². The molecule has 0 bridgehead atoms. The van der Waals surface area contributed by atoms with E-state index < -0.39 is 10.9 Å². The van der Waals surface area contributed by atoms with Crippen molar-refractivity contribution in [2.75, 3.05) is 0 Å². The Labute approximate surface area is 135 Å². The third-order valence-corrected chi connectivity index (χ3v) is 3.17. The van der Waals surface area contributed by atoms with Gasteiger partial charge in [0.15, 0.2) is 0 Å². The van der Waals surface area contributed by atoms with Gasteiger partial charge in [-0.05, 0) is 24.3 Å². The van der Waals surface area contributed by atoms with Gasteiger partial charge in [-0.25, -0.2) is 4.79 Å². The maximum atomic E-state index is 11.7. The Balaban J connectivity index is 2.02. The molecule has 0 N–H and O–H groups in total. The highest BCUT2D eigenvalue weighted by atomic mass is 35.5. The Morgan fingerprint density at radius 3 is 2.45 bits per heavy atom. The summed E-state index contributed by atoms with van der Waals surface area (Å²) in [5, 5.41) is 14.9. The molecule has 8 heteroatoms. The lowest BCUT2D eigenvalue weighted by Crippen LogP contribution is -2.01. The Bertz CT molecular complexity index is 745. The predicted molar refractivity (Wildman–Crippen MR) is 82.6 cm³/mol. The molecule has 2 aromatic carbocycles. The minimum Gasteiger partial charge on any atom is -0.313 e. The number of nitrogens with zero attached hydrogens (tertiary/aromatic N) is 2. The van der Waals surface area contributed by atoms with E-state index in [-0.39, 0.29) is 11.3 Å². The molecule has 0 saturated heterocycles. The van der Waals surface area contributed by atoms with Crippen molar-refractivity contribution in [2.24, 2.45) is 5.16 Å². The summed E-state index contributed by atoms with van der Waals surface area (Å²) in [7, 11) is 0. The van der Waals surface area contributed by atoms with Gasteiger partial charge in [0.1, 0.15) is 0 Å². The molecular weight excluding hydrogens is 331 g/mol. The van der Waals surface area contributed by atoms with Gasteiger partial charge in [-0.15, -0.1) is 0 Å². The number of carbonyl (C=O) groups excluding carboxylic acids is 1. The molecular formula is C14H8Cl2N2O4. The average Bonchev–Trinajstić information content (AvgIpc) is 2.49. The van der Waals surface area contributed by atoms with E-state index in [1.54, 1.807) is 12.1 Å². The number of oxime groups is 1. The monoisotopic (exact) mass is 338 g/mol. The van der Waals surface area contributed by atoms with E-state index in [1.165, 1.54) is 36.5 Å². The summed E-state index contributed by atoms with van der Waals surface area (Å²) in [4.78, 5) is 26.3. The molecule has 0 aliphatic carbocycles. The van der Waals surface area contributed by atoms with Crippen molar-refractivity contribution >= 4 is 41.1 Å². The summed E-state index contributed by atoms with van der Waals surface area (Å²) in [6.07, 6.45) is 1.27. The zero-order valence-electron chi connectivity index (χ0n) is 10.9. The van der Waals surface area contributed by atoms with E-state index >= 15 is 0 Å². The Morgan fingerprint density at radius 2 is 1.86 bits per heavy atom. The fraction of sp³-hybridized carbons (Fsp3) is 0. The molecule has 0 fully saturated rings. The van der Waals surface area contributed by atoms with Crippen molar-refractivity contribution in [3.63, 3.8) is 0 Å². The fourth-order valence-electron chi connectivity index (χ4n) is 1.51. The smallest absolute Gasteiger partial charge is 0.313 e. The van der Waals surface area contributed by atoms with Crippen LogP contribution in [0.5, 0.6) is 0 Å². The van der Waals surface area contributed by atoms with Gasteiger partial charge in [-0.3, -0.25) is 10.1 Å². The van der Waals surface area contributed by atoms with Gasteiger partial charge in [0.25, 0.3) is 5.69 Å². The van der Waals surface area contributed by atoms with Crippen molar-refractivity contribution < 1.29 is 14.6 Å². The van der Waals surface area contributed by atoms with Crippen LogP contribution >= 0.6 is 23.2 Å². The average molecular weight is 339 g/mol.